The van der Waals surface area contributed by atoms with E-state index in [9.17, 15) is 9.59 Å². The molecule has 2 N–H and O–H groups in total. The van der Waals surface area contributed by atoms with Crippen molar-refractivity contribution in [3.05, 3.63) is 107 Å². The molecule has 0 unspecified atom stereocenters. The second kappa shape index (κ2) is 10.1. The minimum Gasteiger partial charge on any atom is -0.322 e. The first kappa shape index (κ1) is 22.2. The highest BCUT2D eigenvalue weighted by molar-refractivity contribution is 7.99. The zero-order valence-electron chi connectivity index (χ0n) is 18.2. The third-order valence-electron chi connectivity index (χ3n) is 4.72. The van der Waals surface area contributed by atoms with Crippen molar-refractivity contribution < 1.29 is 9.59 Å². The lowest BCUT2D eigenvalue weighted by Crippen LogP contribution is -2.13. The minimum atomic E-state index is -0.228. The van der Waals surface area contributed by atoms with E-state index in [4.69, 9.17) is 0 Å². The number of hydrogen-bond donors (Lipinski definition) is 2. The van der Waals surface area contributed by atoms with Crippen LogP contribution in [0, 0.1) is 13.8 Å². The molecule has 2 amide bonds. The molecule has 4 aromatic rings. The summed E-state index contributed by atoms with van der Waals surface area (Å²) in [7, 11) is 0. The number of carbonyl (C=O) groups excluding carboxylic acids is 2. The Labute approximate surface area is 196 Å². The van der Waals surface area contributed by atoms with E-state index in [1.807, 2.05) is 62.4 Å². The maximum absolute atomic E-state index is 12.6. The Hall–Kier alpha value is -3.97. The summed E-state index contributed by atoms with van der Waals surface area (Å²) >= 11 is 1.48. The number of amides is 2. The first-order valence-electron chi connectivity index (χ1n) is 10.3. The summed E-state index contributed by atoms with van der Waals surface area (Å²) in [6, 6.07) is 25.2. The third kappa shape index (κ3) is 6.05. The van der Waals surface area contributed by atoms with Crippen molar-refractivity contribution in [2.24, 2.45) is 0 Å². The number of rotatable bonds is 6. The van der Waals surface area contributed by atoms with Crippen molar-refractivity contribution in [3.8, 4) is 0 Å². The van der Waals surface area contributed by atoms with Crippen molar-refractivity contribution >= 4 is 35.0 Å². The molecule has 0 radical (unpaired) electrons. The topological polar surface area (TPSA) is 84.0 Å². The summed E-state index contributed by atoms with van der Waals surface area (Å²) in [5.41, 5.74) is 4.24. The molecule has 0 spiro atoms. The van der Waals surface area contributed by atoms with Crippen LogP contribution in [0.5, 0.6) is 0 Å². The van der Waals surface area contributed by atoms with Crippen LogP contribution < -0.4 is 10.6 Å². The SMILES string of the molecule is Cc1cc(C)nc(Sc2ccc(NC(=O)c3ccc(NC(=O)c4ccccc4)cc3)cc2)n1. The highest BCUT2D eigenvalue weighted by Gasteiger charge is 2.09. The molecule has 33 heavy (non-hydrogen) atoms. The fraction of sp³-hybridized carbons (Fsp3) is 0.0769. The molecular formula is C26H22N4O2S. The van der Waals surface area contributed by atoms with Crippen LogP contribution in [0.1, 0.15) is 32.1 Å². The predicted molar refractivity (Wildman–Crippen MR) is 131 cm³/mol. The molecule has 1 aromatic heterocycles. The maximum atomic E-state index is 12.6. The molecule has 3 aromatic carbocycles. The largest absolute Gasteiger partial charge is 0.322 e. The van der Waals surface area contributed by atoms with Crippen LogP contribution in [-0.4, -0.2) is 21.8 Å². The third-order valence-corrected chi connectivity index (χ3v) is 5.60. The van der Waals surface area contributed by atoms with E-state index in [-0.39, 0.29) is 11.8 Å². The molecule has 0 aliphatic rings. The lowest BCUT2D eigenvalue weighted by atomic mass is 10.1. The maximum Gasteiger partial charge on any atom is 0.255 e. The fourth-order valence-corrected chi connectivity index (χ4v) is 4.01. The average molecular weight is 455 g/mol. The predicted octanol–water partition coefficient (Wildman–Crippen LogP) is 5.75. The van der Waals surface area contributed by atoms with Gasteiger partial charge in [0.1, 0.15) is 0 Å². The van der Waals surface area contributed by atoms with Gasteiger partial charge in [-0.15, -0.1) is 0 Å². The molecule has 0 fully saturated rings. The number of aryl methyl sites for hydroxylation is 2. The van der Waals surface area contributed by atoms with Crippen LogP contribution in [0.15, 0.2) is 95.0 Å². The lowest BCUT2D eigenvalue weighted by Gasteiger charge is -2.08. The van der Waals surface area contributed by atoms with Crippen molar-refractivity contribution in [1.82, 2.24) is 9.97 Å². The van der Waals surface area contributed by atoms with E-state index in [1.165, 1.54) is 11.8 Å². The second-order valence-electron chi connectivity index (χ2n) is 7.41. The highest BCUT2D eigenvalue weighted by atomic mass is 32.2. The summed E-state index contributed by atoms with van der Waals surface area (Å²) in [6.07, 6.45) is 0. The first-order chi connectivity index (χ1) is 16.0. The fourth-order valence-electron chi connectivity index (χ4n) is 3.15. The van der Waals surface area contributed by atoms with Crippen LogP contribution in [0.2, 0.25) is 0 Å². The van der Waals surface area contributed by atoms with Gasteiger partial charge in [0.2, 0.25) is 0 Å². The Morgan fingerprint density at radius 2 is 1.15 bits per heavy atom. The van der Waals surface area contributed by atoms with E-state index in [0.29, 0.717) is 27.7 Å². The zero-order valence-corrected chi connectivity index (χ0v) is 19.0. The molecule has 1 heterocycles. The Morgan fingerprint density at radius 1 is 0.667 bits per heavy atom. The van der Waals surface area contributed by atoms with E-state index >= 15 is 0 Å². The van der Waals surface area contributed by atoms with Gasteiger partial charge >= 0.3 is 0 Å². The van der Waals surface area contributed by atoms with Crippen molar-refractivity contribution in [3.63, 3.8) is 0 Å². The van der Waals surface area contributed by atoms with Gasteiger partial charge < -0.3 is 10.6 Å². The minimum absolute atomic E-state index is 0.197. The Bertz CT molecular complexity index is 1250. The summed E-state index contributed by atoms with van der Waals surface area (Å²) in [6.45, 7) is 3.89. The molecule has 6 nitrogen and oxygen atoms in total. The Morgan fingerprint density at radius 3 is 1.70 bits per heavy atom. The van der Waals surface area contributed by atoms with Crippen LogP contribution >= 0.6 is 11.8 Å². The summed E-state index contributed by atoms with van der Waals surface area (Å²) < 4.78 is 0. The zero-order chi connectivity index (χ0) is 23.2. The first-order valence-corrected chi connectivity index (χ1v) is 11.2. The molecule has 164 valence electrons. The van der Waals surface area contributed by atoms with Gasteiger partial charge in [0.25, 0.3) is 11.8 Å². The second-order valence-corrected chi connectivity index (χ2v) is 8.45. The average Bonchev–Trinajstić information content (AvgIpc) is 2.81. The summed E-state index contributed by atoms with van der Waals surface area (Å²) in [5, 5.41) is 6.41. The molecule has 0 saturated heterocycles. The molecule has 0 bridgehead atoms. The van der Waals surface area contributed by atoms with Crippen molar-refractivity contribution in [1.29, 1.82) is 0 Å². The van der Waals surface area contributed by atoms with Gasteiger partial charge in [-0.2, -0.15) is 0 Å². The van der Waals surface area contributed by atoms with Crippen LogP contribution in [0.3, 0.4) is 0 Å². The molecule has 0 aliphatic carbocycles. The van der Waals surface area contributed by atoms with Gasteiger partial charge in [-0.1, -0.05) is 18.2 Å². The van der Waals surface area contributed by atoms with E-state index in [2.05, 4.69) is 20.6 Å². The van der Waals surface area contributed by atoms with Gasteiger partial charge in [-0.05, 0) is 92.3 Å². The standard InChI is InChI=1S/C26H22N4O2S/c1-17-16-18(2)28-26(27-17)33-23-14-12-22(13-15-23)30-25(32)20-8-10-21(11-9-20)29-24(31)19-6-4-3-5-7-19/h3-16H,1-2H3,(H,29,31)(H,30,32). The highest BCUT2D eigenvalue weighted by Crippen LogP contribution is 2.26. The Kier molecular flexibility index (Phi) is 6.80. The number of nitrogens with one attached hydrogen (secondary N) is 2. The summed E-state index contributed by atoms with van der Waals surface area (Å²) in [5.74, 6) is -0.425. The number of nitrogens with zero attached hydrogens (tertiary/aromatic N) is 2. The van der Waals surface area contributed by atoms with Gasteiger partial charge in [0.05, 0.1) is 0 Å². The van der Waals surface area contributed by atoms with Gasteiger partial charge in [-0.25, -0.2) is 9.97 Å². The molecular weight excluding hydrogens is 432 g/mol. The van der Waals surface area contributed by atoms with Crippen molar-refractivity contribution in [2.45, 2.75) is 23.9 Å². The number of benzene rings is 3. The molecule has 0 atom stereocenters. The van der Waals surface area contributed by atoms with Crippen LogP contribution in [0.25, 0.3) is 0 Å². The van der Waals surface area contributed by atoms with E-state index < -0.39 is 0 Å². The van der Waals surface area contributed by atoms with Gasteiger partial charge in [0, 0.05) is 38.8 Å². The van der Waals surface area contributed by atoms with Crippen LogP contribution in [0.4, 0.5) is 11.4 Å². The van der Waals surface area contributed by atoms with Crippen LogP contribution in [-0.2, 0) is 0 Å². The monoisotopic (exact) mass is 454 g/mol. The normalized spacial score (nSPS) is 10.5. The summed E-state index contributed by atoms with van der Waals surface area (Å²) in [4.78, 5) is 34.7. The molecule has 0 aliphatic heterocycles. The smallest absolute Gasteiger partial charge is 0.255 e. The quantitative estimate of drug-likeness (QED) is 0.363. The van der Waals surface area contributed by atoms with E-state index in [0.717, 1.165) is 16.3 Å². The number of aromatic nitrogens is 2. The van der Waals surface area contributed by atoms with Gasteiger partial charge in [-0.3, -0.25) is 9.59 Å². The molecule has 4 rings (SSSR count). The number of hydrogen-bond acceptors (Lipinski definition) is 5. The number of carbonyl (C=O) groups is 2. The molecule has 7 heteroatoms. The number of anilines is 2. The van der Waals surface area contributed by atoms with Gasteiger partial charge in [0.15, 0.2) is 5.16 Å². The Balaban J connectivity index is 1.35. The molecule has 0 saturated carbocycles. The van der Waals surface area contributed by atoms with Crippen molar-refractivity contribution in [2.75, 3.05) is 10.6 Å². The van der Waals surface area contributed by atoms with E-state index in [1.54, 1.807) is 36.4 Å². The lowest BCUT2D eigenvalue weighted by molar-refractivity contribution is 0.102.